The fraction of sp³-hybridized carbons (Fsp3) is 0.750. The van der Waals surface area contributed by atoms with Crippen LogP contribution in [0.4, 0.5) is 0 Å². The van der Waals surface area contributed by atoms with Gasteiger partial charge in [-0.15, -0.1) is 0 Å². The molecule has 1 aromatic rings. The second kappa shape index (κ2) is 38.1. The summed E-state index contributed by atoms with van der Waals surface area (Å²) in [5.74, 6) is 0.740. The summed E-state index contributed by atoms with van der Waals surface area (Å²) < 4.78 is 28.0. The van der Waals surface area contributed by atoms with E-state index in [1.165, 1.54) is 116 Å². The van der Waals surface area contributed by atoms with Gasteiger partial charge in [0.25, 0.3) is 0 Å². The first-order valence-electron chi connectivity index (χ1n) is 22.5. The first-order chi connectivity index (χ1) is 27.0. The molecule has 0 aliphatic carbocycles. The highest BCUT2D eigenvalue weighted by atomic mass is 16.6. The second-order valence-electron chi connectivity index (χ2n) is 15.2. The van der Waals surface area contributed by atoms with Crippen LogP contribution in [-0.2, 0) is 30.4 Å². The Bertz CT molecular complexity index is 1100. The lowest BCUT2D eigenvalue weighted by atomic mass is 10.1. The summed E-state index contributed by atoms with van der Waals surface area (Å²) in [6, 6.07) is 5.60. The van der Waals surface area contributed by atoms with Gasteiger partial charge >= 0.3 is 11.9 Å². The van der Waals surface area contributed by atoms with Gasteiger partial charge in [-0.1, -0.05) is 147 Å². The summed E-state index contributed by atoms with van der Waals surface area (Å²) in [6.45, 7) is 4.95. The van der Waals surface area contributed by atoms with Gasteiger partial charge in [-0.2, -0.15) is 0 Å². The van der Waals surface area contributed by atoms with Gasteiger partial charge < -0.3 is 23.7 Å². The molecule has 55 heavy (non-hydrogen) atoms. The van der Waals surface area contributed by atoms with Crippen molar-refractivity contribution in [1.82, 2.24) is 0 Å². The number of ether oxygens (including phenoxy) is 5. The highest BCUT2D eigenvalue weighted by molar-refractivity contribution is 5.70. The molecular weight excluding hydrogens is 689 g/mol. The van der Waals surface area contributed by atoms with Crippen molar-refractivity contribution in [3.8, 4) is 11.5 Å². The summed E-state index contributed by atoms with van der Waals surface area (Å²) in [7, 11) is 3.20. The lowest BCUT2D eigenvalue weighted by molar-refractivity contribution is -0.163. The zero-order valence-electron chi connectivity index (χ0n) is 35.9. The van der Waals surface area contributed by atoms with Crippen LogP contribution in [0.2, 0.25) is 0 Å². The fourth-order valence-corrected chi connectivity index (χ4v) is 6.58. The van der Waals surface area contributed by atoms with Gasteiger partial charge in [-0.25, -0.2) is 0 Å². The molecule has 7 nitrogen and oxygen atoms in total. The first kappa shape index (κ1) is 50.2. The number of hydrogen-bond acceptors (Lipinski definition) is 7. The number of benzene rings is 1. The van der Waals surface area contributed by atoms with Crippen LogP contribution in [0.1, 0.15) is 199 Å². The molecule has 0 fully saturated rings. The highest BCUT2D eigenvalue weighted by Crippen LogP contribution is 2.28. The number of rotatable bonds is 39. The minimum Gasteiger partial charge on any atom is -0.493 e. The van der Waals surface area contributed by atoms with Crippen LogP contribution >= 0.6 is 0 Å². The van der Waals surface area contributed by atoms with Crippen molar-refractivity contribution in [3.63, 3.8) is 0 Å². The van der Waals surface area contributed by atoms with Crippen molar-refractivity contribution in [1.29, 1.82) is 0 Å². The van der Waals surface area contributed by atoms with Gasteiger partial charge in [0.2, 0.25) is 0 Å². The van der Waals surface area contributed by atoms with Gasteiger partial charge in [-0.05, 0) is 81.9 Å². The molecule has 0 aromatic heterocycles. The molecule has 0 unspecified atom stereocenters. The molecule has 0 radical (unpaired) electrons. The number of esters is 2. The van der Waals surface area contributed by atoms with Crippen LogP contribution in [0, 0.1) is 0 Å². The molecule has 1 aromatic carbocycles. The molecule has 7 heteroatoms. The fourth-order valence-electron chi connectivity index (χ4n) is 6.58. The van der Waals surface area contributed by atoms with Gasteiger partial charge in [0.05, 0.1) is 27.4 Å². The summed E-state index contributed by atoms with van der Waals surface area (Å²) in [6.07, 6.45) is 40.9. The second-order valence-corrected chi connectivity index (χ2v) is 15.2. The van der Waals surface area contributed by atoms with Crippen LogP contribution in [0.3, 0.4) is 0 Å². The standard InChI is InChI=1S/C48H82O7/c1-5-7-9-11-13-15-17-19-21-23-25-27-29-31-33-35-47(49)54-42-44(41-53-40-43-37-38-45(51-3)46(39-43)52-4)55-48(50)36-34-32-30-28-26-24-22-20-18-16-14-12-10-8-6-2/h19-22,37-39,44H,5-18,23-36,40-42H2,1-4H3/b21-19+,22-20-/t44-/m0/s1. The number of unbranched alkanes of at least 4 members (excludes halogenated alkanes) is 22. The van der Waals surface area contributed by atoms with Gasteiger partial charge in [-0.3, -0.25) is 9.59 Å². The van der Waals surface area contributed by atoms with Crippen LogP contribution in [0.25, 0.3) is 0 Å². The Hall–Kier alpha value is -2.80. The largest absolute Gasteiger partial charge is 0.493 e. The van der Waals surface area contributed by atoms with Crippen molar-refractivity contribution in [2.75, 3.05) is 27.4 Å². The average molecular weight is 771 g/mol. The quantitative estimate of drug-likeness (QED) is 0.0374. The van der Waals surface area contributed by atoms with Crippen molar-refractivity contribution >= 4 is 11.9 Å². The molecule has 0 bridgehead atoms. The topological polar surface area (TPSA) is 80.3 Å². The molecule has 0 N–H and O–H groups in total. The van der Waals surface area contributed by atoms with E-state index in [0.717, 1.165) is 56.9 Å². The zero-order chi connectivity index (χ0) is 39.9. The first-order valence-corrected chi connectivity index (χ1v) is 22.5. The Balaban J connectivity index is 2.32. The summed E-state index contributed by atoms with van der Waals surface area (Å²) >= 11 is 0. The third kappa shape index (κ3) is 31.0. The lowest BCUT2D eigenvalue weighted by Gasteiger charge is -2.18. The minimum atomic E-state index is -0.658. The van der Waals surface area contributed by atoms with Crippen molar-refractivity contribution in [3.05, 3.63) is 48.1 Å². The van der Waals surface area contributed by atoms with E-state index in [4.69, 9.17) is 23.7 Å². The summed E-state index contributed by atoms with van der Waals surface area (Å²) in [4.78, 5) is 25.4. The number of hydrogen-bond donors (Lipinski definition) is 0. The van der Waals surface area contributed by atoms with E-state index in [-0.39, 0.29) is 25.2 Å². The van der Waals surface area contributed by atoms with Crippen molar-refractivity contribution in [2.45, 2.75) is 206 Å². The van der Waals surface area contributed by atoms with E-state index >= 15 is 0 Å². The third-order valence-electron chi connectivity index (χ3n) is 10.0. The maximum Gasteiger partial charge on any atom is 0.306 e. The van der Waals surface area contributed by atoms with Gasteiger partial charge in [0.1, 0.15) is 6.61 Å². The van der Waals surface area contributed by atoms with E-state index in [2.05, 4.69) is 38.2 Å². The number of carbonyl (C=O) groups excluding carboxylic acids is 2. The maximum absolute atomic E-state index is 12.8. The predicted molar refractivity (Wildman–Crippen MR) is 229 cm³/mol. The Labute approximate surface area is 337 Å². The molecule has 1 rings (SSSR count). The Morgan fingerprint density at radius 3 is 1.44 bits per heavy atom. The normalized spacial score (nSPS) is 12.1. The Morgan fingerprint density at radius 2 is 0.964 bits per heavy atom. The third-order valence-corrected chi connectivity index (χ3v) is 10.0. The van der Waals surface area contributed by atoms with Crippen LogP contribution < -0.4 is 9.47 Å². The van der Waals surface area contributed by atoms with E-state index < -0.39 is 6.10 Å². The molecule has 0 heterocycles. The summed E-state index contributed by atoms with van der Waals surface area (Å²) in [5.41, 5.74) is 0.900. The SMILES string of the molecule is CCCCCCCC/C=C\CCCCCCCC(=O)O[C@@H](COCc1ccc(OC)c(OC)c1)COC(=O)CCCCCCC/C=C/CCCCCCCC. The number of methoxy groups -OCH3 is 2. The minimum absolute atomic E-state index is 0.00600. The van der Waals surface area contributed by atoms with Gasteiger partial charge in [0.15, 0.2) is 17.6 Å². The molecule has 0 aliphatic rings. The van der Waals surface area contributed by atoms with Crippen LogP contribution in [0.15, 0.2) is 42.5 Å². The smallest absolute Gasteiger partial charge is 0.306 e. The van der Waals surface area contributed by atoms with Crippen LogP contribution in [-0.4, -0.2) is 45.5 Å². The van der Waals surface area contributed by atoms with Crippen molar-refractivity contribution in [2.24, 2.45) is 0 Å². The molecule has 0 aliphatic heterocycles. The molecule has 316 valence electrons. The number of carbonyl (C=O) groups is 2. The van der Waals surface area contributed by atoms with Gasteiger partial charge in [0, 0.05) is 12.8 Å². The predicted octanol–water partition coefficient (Wildman–Crippen LogP) is 13.8. The monoisotopic (exact) mass is 771 g/mol. The maximum atomic E-state index is 12.8. The molecule has 0 spiro atoms. The average Bonchev–Trinajstić information content (AvgIpc) is 3.19. The molecule has 1 atom stereocenters. The Morgan fingerprint density at radius 1 is 0.527 bits per heavy atom. The summed E-state index contributed by atoms with van der Waals surface area (Å²) in [5, 5.41) is 0. The van der Waals surface area contributed by atoms with E-state index in [9.17, 15) is 9.59 Å². The van der Waals surface area contributed by atoms with E-state index in [0.29, 0.717) is 30.9 Å². The molecule has 0 saturated heterocycles. The van der Waals surface area contributed by atoms with Crippen LogP contribution in [0.5, 0.6) is 11.5 Å². The molecule has 0 saturated carbocycles. The zero-order valence-corrected chi connectivity index (χ0v) is 35.9. The number of allylic oxidation sites excluding steroid dienone is 4. The van der Waals surface area contributed by atoms with Crippen molar-refractivity contribution < 1.29 is 33.3 Å². The highest BCUT2D eigenvalue weighted by Gasteiger charge is 2.18. The van der Waals surface area contributed by atoms with E-state index in [1.54, 1.807) is 14.2 Å². The Kier molecular flexibility index (Phi) is 34.8. The molecular formula is C48H82O7. The van der Waals surface area contributed by atoms with E-state index in [1.807, 2.05) is 18.2 Å². The molecule has 0 amide bonds. The lowest BCUT2D eigenvalue weighted by Crippen LogP contribution is -2.29.